The number of carbonyl (C=O) groups is 1. The molecule has 27 heavy (non-hydrogen) atoms. The number of fused-ring (bicyclic) bond motifs is 1. The summed E-state index contributed by atoms with van der Waals surface area (Å²) in [6.45, 7) is 3.38. The monoisotopic (exact) mass is 386 g/mol. The lowest BCUT2D eigenvalue weighted by Crippen LogP contribution is -2.33. The van der Waals surface area contributed by atoms with Gasteiger partial charge in [0.15, 0.2) is 0 Å². The van der Waals surface area contributed by atoms with Crippen LogP contribution in [0.1, 0.15) is 58.8 Å². The molecule has 0 amide bonds. The molecule has 154 valence electrons. The lowest BCUT2D eigenvalue weighted by molar-refractivity contribution is -0.136. The predicted molar refractivity (Wildman–Crippen MR) is 100.0 cm³/mol. The van der Waals surface area contributed by atoms with E-state index in [0.717, 1.165) is 19.3 Å². The van der Waals surface area contributed by atoms with Crippen LogP contribution in [0.15, 0.2) is 24.3 Å². The molecule has 0 aromatic rings. The molecule has 2 fully saturated rings. The van der Waals surface area contributed by atoms with Crippen LogP contribution in [0.5, 0.6) is 0 Å². The molecule has 0 aromatic heterocycles. The summed E-state index contributed by atoms with van der Waals surface area (Å²) >= 11 is 0. The van der Waals surface area contributed by atoms with Gasteiger partial charge in [0.25, 0.3) is 0 Å². The average Bonchev–Trinajstić information content (AvgIpc) is 3.15. The quantitative estimate of drug-likeness (QED) is 0.547. The molecule has 1 aliphatic heterocycles. The zero-order valence-electron chi connectivity index (χ0n) is 16.2. The normalized spacial score (nSPS) is 34.2. The highest BCUT2D eigenvalue weighted by Crippen LogP contribution is 2.46. The summed E-state index contributed by atoms with van der Waals surface area (Å²) in [5, 5.41) is 18.8. The number of alkyl halides is 2. The Morgan fingerprint density at radius 2 is 2.11 bits per heavy atom. The van der Waals surface area contributed by atoms with Crippen LogP contribution in [0.3, 0.4) is 0 Å². The maximum Gasteiger partial charge on any atom is 0.303 e. The van der Waals surface area contributed by atoms with Gasteiger partial charge >= 0.3 is 5.97 Å². The van der Waals surface area contributed by atoms with Crippen molar-refractivity contribution in [2.45, 2.75) is 88.9 Å². The molecule has 0 aromatic carbocycles. The number of ether oxygens (including phenoxy) is 1. The molecule has 1 saturated heterocycles. The van der Waals surface area contributed by atoms with E-state index in [0.29, 0.717) is 19.3 Å². The molecule has 1 heterocycles. The number of rotatable bonds is 10. The Labute approximate surface area is 160 Å². The first kappa shape index (κ1) is 22.0. The lowest BCUT2D eigenvalue weighted by atomic mass is 9.87. The van der Waals surface area contributed by atoms with E-state index in [-0.39, 0.29) is 24.4 Å². The SMILES string of the molecule is CCCCC(C)(F)[C@H](O)/C=C/[C@H]1CC[C@@H]2OC(/C=C/CCC(=O)O)C(F)[C@@H]21. The van der Waals surface area contributed by atoms with Gasteiger partial charge in [-0.1, -0.05) is 44.1 Å². The second kappa shape index (κ2) is 9.78. The van der Waals surface area contributed by atoms with Gasteiger partial charge in [0.2, 0.25) is 0 Å². The number of carboxylic acids is 1. The van der Waals surface area contributed by atoms with E-state index < -0.39 is 30.0 Å². The Balaban J connectivity index is 1.92. The van der Waals surface area contributed by atoms with Crippen LogP contribution in [-0.2, 0) is 9.53 Å². The minimum Gasteiger partial charge on any atom is -0.481 e. The lowest BCUT2D eigenvalue weighted by Gasteiger charge is -2.25. The van der Waals surface area contributed by atoms with Crippen LogP contribution >= 0.6 is 0 Å². The number of aliphatic hydroxyl groups excluding tert-OH is 1. The molecule has 4 nitrogen and oxygen atoms in total. The Morgan fingerprint density at radius 3 is 2.78 bits per heavy atom. The van der Waals surface area contributed by atoms with Crippen molar-refractivity contribution in [3.8, 4) is 0 Å². The first-order valence-corrected chi connectivity index (χ1v) is 9.99. The topological polar surface area (TPSA) is 66.8 Å². The van der Waals surface area contributed by atoms with Crippen molar-refractivity contribution in [1.29, 1.82) is 0 Å². The first-order valence-electron chi connectivity index (χ1n) is 9.99. The van der Waals surface area contributed by atoms with E-state index in [1.54, 1.807) is 18.2 Å². The highest BCUT2D eigenvalue weighted by Gasteiger charge is 2.50. The Kier molecular flexibility index (Phi) is 7.98. The molecule has 2 rings (SSSR count). The minimum absolute atomic E-state index is 0.0102. The van der Waals surface area contributed by atoms with Crippen molar-refractivity contribution >= 4 is 5.97 Å². The standard InChI is InChI=1S/C21H32F2O4/c1-3-4-13-21(2,23)17(24)12-10-14-9-11-15-19(14)20(22)16(27-15)7-5-6-8-18(25)26/h5,7,10,12,14-17,19-20,24H,3-4,6,8-9,11,13H2,1-2H3,(H,25,26)/b7-5+,12-10+/t14-,15+,16?,17-,19-,20?,21?/m1/s1. The molecule has 1 aliphatic carbocycles. The summed E-state index contributed by atoms with van der Waals surface area (Å²) < 4.78 is 35.2. The summed E-state index contributed by atoms with van der Waals surface area (Å²) in [5.74, 6) is -1.27. The van der Waals surface area contributed by atoms with Gasteiger partial charge < -0.3 is 14.9 Å². The number of unbranched alkanes of at least 4 members (excludes halogenated alkanes) is 1. The third-order valence-corrected chi connectivity index (χ3v) is 5.75. The predicted octanol–water partition coefficient (Wildman–Crippen LogP) is 4.37. The van der Waals surface area contributed by atoms with Gasteiger partial charge in [0.1, 0.15) is 24.0 Å². The zero-order chi connectivity index (χ0) is 20.0. The number of allylic oxidation sites excluding steroid dienone is 2. The van der Waals surface area contributed by atoms with Gasteiger partial charge in [-0.25, -0.2) is 8.78 Å². The molecule has 3 unspecified atom stereocenters. The van der Waals surface area contributed by atoms with Gasteiger partial charge in [-0.3, -0.25) is 4.79 Å². The second-order valence-corrected chi connectivity index (χ2v) is 7.97. The molecule has 2 aliphatic rings. The summed E-state index contributed by atoms with van der Waals surface area (Å²) in [6, 6.07) is 0. The van der Waals surface area contributed by atoms with Crippen molar-refractivity contribution in [2.75, 3.05) is 0 Å². The fraction of sp³-hybridized carbons (Fsp3) is 0.762. The molecular weight excluding hydrogens is 354 g/mol. The van der Waals surface area contributed by atoms with Gasteiger partial charge in [-0.05, 0) is 38.5 Å². The van der Waals surface area contributed by atoms with Crippen LogP contribution in [0.2, 0.25) is 0 Å². The Hall–Kier alpha value is -1.27. The van der Waals surface area contributed by atoms with Crippen molar-refractivity contribution in [3.63, 3.8) is 0 Å². The number of aliphatic carboxylic acids is 1. The molecule has 7 atom stereocenters. The Bertz CT molecular complexity index is 546. The molecule has 6 heteroatoms. The minimum atomic E-state index is -1.68. The van der Waals surface area contributed by atoms with E-state index in [2.05, 4.69) is 0 Å². The smallest absolute Gasteiger partial charge is 0.303 e. The molecule has 1 saturated carbocycles. The third kappa shape index (κ3) is 5.85. The average molecular weight is 386 g/mol. The third-order valence-electron chi connectivity index (χ3n) is 5.75. The number of halogens is 2. The van der Waals surface area contributed by atoms with E-state index >= 15 is 0 Å². The Morgan fingerprint density at radius 1 is 1.37 bits per heavy atom. The van der Waals surface area contributed by atoms with Gasteiger partial charge in [-0.2, -0.15) is 0 Å². The van der Waals surface area contributed by atoms with Crippen molar-refractivity contribution in [2.24, 2.45) is 11.8 Å². The summed E-state index contributed by atoms with van der Waals surface area (Å²) in [6.07, 6.45) is 7.00. The fourth-order valence-electron chi connectivity index (χ4n) is 4.05. The van der Waals surface area contributed by atoms with E-state index in [1.807, 2.05) is 6.92 Å². The van der Waals surface area contributed by atoms with Crippen LogP contribution in [0.4, 0.5) is 8.78 Å². The first-order chi connectivity index (χ1) is 12.8. The van der Waals surface area contributed by atoms with Crippen LogP contribution in [-0.4, -0.2) is 46.3 Å². The van der Waals surface area contributed by atoms with Crippen molar-refractivity contribution < 1.29 is 28.5 Å². The second-order valence-electron chi connectivity index (χ2n) is 7.97. The summed E-state index contributed by atoms with van der Waals surface area (Å²) in [7, 11) is 0. The number of carboxylic acid groups (broad SMARTS) is 1. The highest BCUT2D eigenvalue weighted by atomic mass is 19.1. The number of hydrogen-bond acceptors (Lipinski definition) is 3. The maximum absolute atomic E-state index is 14.8. The molecule has 0 spiro atoms. The van der Waals surface area contributed by atoms with E-state index in [4.69, 9.17) is 9.84 Å². The summed E-state index contributed by atoms with van der Waals surface area (Å²) in [4.78, 5) is 10.5. The molecular formula is C21H32F2O4. The molecule has 0 radical (unpaired) electrons. The van der Waals surface area contributed by atoms with Crippen molar-refractivity contribution in [3.05, 3.63) is 24.3 Å². The number of hydrogen-bond donors (Lipinski definition) is 2. The summed E-state index contributed by atoms with van der Waals surface area (Å²) in [5.41, 5.74) is -1.68. The van der Waals surface area contributed by atoms with E-state index in [1.165, 1.54) is 13.0 Å². The van der Waals surface area contributed by atoms with E-state index in [9.17, 15) is 18.7 Å². The maximum atomic E-state index is 14.8. The fourth-order valence-corrected chi connectivity index (χ4v) is 4.05. The zero-order valence-corrected chi connectivity index (χ0v) is 16.2. The van der Waals surface area contributed by atoms with Crippen LogP contribution in [0, 0.1) is 11.8 Å². The number of aliphatic hydroxyl groups is 1. The van der Waals surface area contributed by atoms with Gasteiger partial charge in [0.05, 0.1) is 6.10 Å². The van der Waals surface area contributed by atoms with Crippen molar-refractivity contribution in [1.82, 2.24) is 0 Å². The van der Waals surface area contributed by atoms with Crippen LogP contribution in [0.25, 0.3) is 0 Å². The van der Waals surface area contributed by atoms with Gasteiger partial charge in [-0.15, -0.1) is 0 Å². The van der Waals surface area contributed by atoms with Crippen LogP contribution < -0.4 is 0 Å². The van der Waals surface area contributed by atoms with Gasteiger partial charge in [0, 0.05) is 12.3 Å². The largest absolute Gasteiger partial charge is 0.481 e. The highest BCUT2D eigenvalue weighted by molar-refractivity contribution is 5.66. The molecule has 2 N–H and O–H groups in total. The molecule has 0 bridgehead atoms.